The molecular weight excluding hydrogens is 313 g/mol. The Hall–Kier alpha value is -2.06. The van der Waals surface area contributed by atoms with E-state index < -0.39 is 24.2 Å². The molecule has 1 aliphatic heterocycles. The summed E-state index contributed by atoms with van der Waals surface area (Å²) in [6.45, 7) is 2.79. The first-order valence-electron chi connectivity index (χ1n) is 7.25. The molecule has 0 bridgehead atoms. The van der Waals surface area contributed by atoms with Gasteiger partial charge in [-0.25, -0.2) is 0 Å². The summed E-state index contributed by atoms with van der Waals surface area (Å²) in [5.41, 5.74) is 0.648. The molecule has 0 saturated carbocycles. The van der Waals surface area contributed by atoms with Gasteiger partial charge >= 0.3 is 6.18 Å². The van der Waals surface area contributed by atoms with Crippen LogP contribution in [0.5, 0.6) is 0 Å². The molecule has 0 aliphatic carbocycles. The normalized spacial score (nSPS) is 22.1. The molecule has 1 aromatic rings. The smallest absolute Gasteiger partial charge is 0.352 e. The molecule has 1 saturated heterocycles. The summed E-state index contributed by atoms with van der Waals surface area (Å²) in [5, 5.41) is 6.59. The Kier molecular flexibility index (Phi) is 4.67. The van der Waals surface area contributed by atoms with Crippen LogP contribution in [0, 0.1) is 6.92 Å². The highest BCUT2D eigenvalue weighted by atomic mass is 19.4. The molecule has 2 heterocycles. The van der Waals surface area contributed by atoms with E-state index in [0.717, 1.165) is 4.90 Å². The van der Waals surface area contributed by atoms with Gasteiger partial charge in [-0.15, -0.1) is 0 Å². The van der Waals surface area contributed by atoms with Crippen molar-refractivity contribution in [2.45, 2.75) is 44.9 Å². The summed E-state index contributed by atoms with van der Waals surface area (Å²) in [6, 6.07) is -0.878. The van der Waals surface area contributed by atoms with Crippen LogP contribution in [0.3, 0.4) is 0 Å². The highest BCUT2D eigenvalue weighted by Gasteiger charge is 2.48. The Morgan fingerprint density at radius 3 is 2.48 bits per heavy atom. The molecular formula is C14H19F3N4O2. The molecule has 0 radical (unpaired) electrons. The lowest BCUT2D eigenvalue weighted by Crippen LogP contribution is -2.58. The first-order valence-corrected chi connectivity index (χ1v) is 7.25. The Morgan fingerprint density at radius 2 is 2.00 bits per heavy atom. The SMILES string of the molecule is CC(=O)N[C@@H]1CC[C@H](C(F)(F)F)N(C(=O)c2cc(C)nn2C)C1. The van der Waals surface area contributed by atoms with Crippen LogP contribution < -0.4 is 5.32 Å². The van der Waals surface area contributed by atoms with E-state index in [4.69, 9.17) is 0 Å². The maximum Gasteiger partial charge on any atom is 0.408 e. The molecule has 1 N–H and O–H groups in total. The predicted octanol–water partition coefficient (Wildman–Crippen LogP) is 1.40. The number of alkyl halides is 3. The van der Waals surface area contributed by atoms with Crippen molar-refractivity contribution in [3.63, 3.8) is 0 Å². The van der Waals surface area contributed by atoms with Gasteiger partial charge < -0.3 is 10.2 Å². The molecule has 0 unspecified atom stereocenters. The fraction of sp³-hybridized carbons (Fsp3) is 0.643. The summed E-state index contributed by atoms with van der Waals surface area (Å²) < 4.78 is 41.0. The van der Waals surface area contributed by atoms with Gasteiger partial charge in [0, 0.05) is 26.6 Å². The number of piperidine rings is 1. The largest absolute Gasteiger partial charge is 0.408 e. The molecule has 128 valence electrons. The Labute approximate surface area is 131 Å². The van der Waals surface area contributed by atoms with E-state index in [1.165, 1.54) is 24.7 Å². The van der Waals surface area contributed by atoms with Crippen LogP contribution in [0.2, 0.25) is 0 Å². The quantitative estimate of drug-likeness (QED) is 0.890. The minimum atomic E-state index is -4.51. The first-order chi connectivity index (χ1) is 10.6. The number of hydrogen-bond donors (Lipinski definition) is 1. The molecule has 2 amide bonds. The average molecular weight is 332 g/mol. The van der Waals surface area contributed by atoms with E-state index >= 15 is 0 Å². The van der Waals surface area contributed by atoms with E-state index in [0.29, 0.717) is 5.69 Å². The minimum Gasteiger partial charge on any atom is -0.352 e. The molecule has 1 aromatic heterocycles. The number of carbonyl (C=O) groups is 2. The van der Waals surface area contributed by atoms with E-state index in [-0.39, 0.29) is 31.0 Å². The number of hydrogen-bond acceptors (Lipinski definition) is 3. The van der Waals surface area contributed by atoms with Gasteiger partial charge in [-0.1, -0.05) is 0 Å². The number of rotatable bonds is 2. The van der Waals surface area contributed by atoms with Crippen LogP contribution in [-0.2, 0) is 11.8 Å². The van der Waals surface area contributed by atoms with Crippen LogP contribution in [0.4, 0.5) is 13.2 Å². The van der Waals surface area contributed by atoms with Crippen molar-refractivity contribution in [1.82, 2.24) is 20.0 Å². The molecule has 23 heavy (non-hydrogen) atoms. The van der Waals surface area contributed by atoms with E-state index in [9.17, 15) is 22.8 Å². The van der Waals surface area contributed by atoms with Gasteiger partial charge in [0.15, 0.2) is 0 Å². The standard InChI is InChI=1S/C14H19F3N4O2/c1-8-6-11(20(3)19-8)13(23)21-7-10(18-9(2)22)4-5-12(21)14(15,16)17/h6,10,12H,4-5,7H2,1-3H3,(H,18,22)/t10-,12-/m1/s1. The summed E-state index contributed by atoms with van der Waals surface area (Å²) in [5.74, 6) is -1.06. The van der Waals surface area contributed by atoms with Crippen LogP contribution in [0.25, 0.3) is 0 Å². The second-order valence-electron chi connectivity index (χ2n) is 5.78. The van der Waals surface area contributed by atoms with Crippen LogP contribution in [0.15, 0.2) is 6.07 Å². The zero-order valence-corrected chi connectivity index (χ0v) is 13.1. The number of halogens is 3. The fourth-order valence-corrected chi connectivity index (χ4v) is 2.90. The molecule has 2 rings (SSSR count). The van der Waals surface area contributed by atoms with Crippen LogP contribution in [-0.4, -0.2) is 51.3 Å². The lowest BCUT2D eigenvalue weighted by molar-refractivity contribution is -0.184. The number of nitrogens with one attached hydrogen (secondary N) is 1. The van der Waals surface area contributed by atoms with E-state index in [1.54, 1.807) is 6.92 Å². The number of nitrogens with zero attached hydrogens (tertiary/aromatic N) is 3. The zero-order chi connectivity index (χ0) is 17.4. The van der Waals surface area contributed by atoms with Crippen LogP contribution in [0.1, 0.15) is 35.9 Å². The Balaban J connectivity index is 2.29. The minimum absolute atomic E-state index is 0.0974. The van der Waals surface area contributed by atoms with Gasteiger partial charge in [0.1, 0.15) is 11.7 Å². The molecule has 1 fully saturated rings. The van der Waals surface area contributed by atoms with Crippen molar-refractivity contribution in [2.75, 3.05) is 6.54 Å². The maximum absolute atomic E-state index is 13.3. The monoisotopic (exact) mass is 332 g/mol. The first kappa shape index (κ1) is 17.3. The molecule has 0 aromatic carbocycles. The lowest BCUT2D eigenvalue weighted by Gasteiger charge is -2.40. The summed E-state index contributed by atoms with van der Waals surface area (Å²) in [4.78, 5) is 24.5. The Morgan fingerprint density at radius 1 is 1.35 bits per heavy atom. The highest BCUT2D eigenvalue weighted by molar-refractivity contribution is 5.93. The van der Waals surface area contributed by atoms with E-state index in [2.05, 4.69) is 10.4 Å². The van der Waals surface area contributed by atoms with E-state index in [1.807, 2.05) is 0 Å². The van der Waals surface area contributed by atoms with Crippen molar-refractivity contribution < 1.29 is 22.8 Å². The van der Waals surface area contributed by atoms with Crippen molar-refractivity contribution >= 4 is 11.8 Å². The molecule has 9 heteroatoms. The average Bonchev–Trinajstić information content (AvgIpc) is 2.74. The molecule has 6 nitrogen and oxygen atoms in total. The maximum atomic E-state index is 13.3. The fourth-order valence-electron chi connectivity index (χ4n) is 2.90. The predicted molar refractivity (Wildman–Crippen MR) is 75.7 cm³/mol. The topological polar surface area (TPSA) is 67.2 Å². The lowest BCUT2D eigenvalue weighted by atomic mass is 9.97. The second-order valence-corrected chi connectivity index (χ2v) is 5.78. The van der Waals surface area contributed by atoms with Crippen molar-refractivity contribution in [3.05, 3.63) is 17.5 Å². The summed E-state index contributed by atoms with van der Waals surface area (Å²) in [7, 11) is 1.51. The van der Waals surface area contributed by atoms with Gasteiger partial charge in [-0.05, 0) is 25.8 Å². The van der Waals surface area contributed by atoms with Crippen LogP contribution >= 0.6 is 0 Å². The number of likely N-dealkylation sites (tertiary alicyclic amines) is 1. The van der Waals surface area contributed by atoms with Gasteiger partial charge in [0.2, 0.25) is 5.91 Å². The highest BCUT2D eigenvalue weighted by Crippen LogP contribution is 2.33. The zero-order valence-electron chi connectivity index (χ0n) is 13.1. The summed E-state index contributed by atoms with van der Waals surface area (Å²) >= 11 is 0. The van der Waals surface area contributed by atoms with Crippen molar-refractivity contribution in [1.29, 1.82) is 0 Å². The van der Waals surface area contributed by atoms with Gasteiger partial charge in [-0.3, -0.25) is 14.3 Å². The van der Waals surface area contributed by atoms with Gasteiger partial charge in [-0.2, -0.15) is 18.3 Å². The molecule has 1 aliphatic rings. The Bertz CT molecular complexity index is 612. The number of amides is 2. The van der Waals surface area contributed by atoms with Gasteiger partial charge in [0.25, 0.3) is 5.91 Å². The van der Waals surface area contributed by atoms with Gasteiger partial charge in [0.05, 0.1) is 5.69 Å². The number of carbonyl (C=O) groups excluding carboxylic acids is 2. The number of aryl methyl sites for hydroxylation is 2. The third kappa shape index (κ3) is 3.83. The summed E-state index contributed by atoms with van der Waals surface area (Å²) in [6.07, 6.45) is -4.57. The van der Waals surface area contributed by atoms with Crippen molar-refractivity contribution in [3.8, 4) is 0 Å². The third-order valence-electron chi connectivity index (χ3n) is 3.85. The molecule has 0 spiro atoms. The second kappa shape index (κ2) is 6.21. The molecule has 2 atom stereocenters. The third-order valence-corrected chi connectivity index (χ3v) is 3.85. The van der Waals surface area contributed by atoms with Crippen molar-refractivity contribution in [2.24, 2.45) is 7.05 Å². The number of aromatic nitrogens is 2.